The molecule has 1 saturated carbocycles. The monoisotopic (exact) mass is 215 g/mol. The van der Waals surface area contributed by atoms with Crippen LogP contribution < -0.4 is 5.73 Å². The number of rotatable bonds is 0. The van der Waals surface area contributed by atoms with Crippen LogP contribution in [-0.2, 0) is 0 Å². The fourth-order valence-electron chi connectivity index (χ4n) is 0.592. The van der Waals surface area contributed by atoms with E-state index in [0.717, 1.165) is 0 Å². The summed E-state index contributed by atoms with van der Waals surface area (Å²) in [6.07, 6.45) is -0.0660. The van der Waals surface area contributed by atoms with E-state index in [-0.39, 0.29) is 9.97 Å². The molecule has 0 aromatic carbocycles. The molecule has 1 aliphatic rings. The van der Waals surface area contributed by atoms with Gasteiger partial charge in [0.25, 0.3) is 0 Å². The van der Waals surface area contributed by atoms with Crippen molar-refractivity contribution in [1.29, 1.82) is 0 Å². The molecule has 0 aromatic rings. The van der Waals surface area contributed by atoms with Crippen molar-refractivity contribution < 1.29 is 4.39 Å². The van der Waals surface area contributed by atoms with Crippen molar-refractivity contribution in [2.45, 2.75) is 22.6 Å². The van der Waals surface area contributed by atoms with Crippen molar-refractivity contribution in [2.75, 3.05) is 0 Å². The zero-order chi connectivity index (χ0) is 5.44. The predicted octanol–water partition coefficient (Wildman–Crippen LogP) is 0.859. The number of hydrogen-bond donors (Lipinski definition) is 1. The van der Waals surface area contributed by atoms with Crippen molar-refractivity contribution in [3.63, 3.8) is 0 Å². The number of nitrogens with two attached hydrogens (primary N) is 1. The lowest BCUT2D eigenvalue weighted by Gasteiger charge is -2.32. The van der Waals surface area contributed by atoms with Crippen LogP contribution in [0.4, 0.5) is 4.39 Å². The molecule has 0 saturated heterocycles. The van der Waals surface area contributed by atoms with Gasteiger partial charge in [-0.25, -0.2) is 4.39 Å². The molecule has 0 amide bonds. The molecule has 42 valence electrons. The molecule has 1 rings (SSSR count). The van der Waals surface area contributed by atoms with Crippen molar-refractivity contribution in [3.05, 3.63) is 0 Å². The van der Waals surface area contributed by atoms with Gasteiger partial charge in [-0.1, -0.05) is 22.6 Å². The molecule has 3 heteroatoms. The fourth-order valence-corrected chi connectivity index (χ4v) is 1.18. The molecule has 0 spiro atoms. The molecule has 1 fully saturated rings. The van der Waals surface area contributed by atoms with E-state index < -0.39 is 6.17 Å². The van der Waals surface area contributed by atoms with Crippen molar-refractivity contribution in [1.82, 2.24) is 0 Å². The van der Waals surface area contributed by atoms with E-state index in [4.69, 9.17) is 5.73 Å². The highest BCUT2D eigenvalue weighted by atomic mass is 127. The van der Waals surface area contributed by atoms with E-state index in [9.17, 15) is 4.39 Å². The summed E-state index contributed by atoms with van der Waals surface area (Å²) in [6.45, 7) is 0. The van der Waals surface area contributed by atoms with E-state index in [0.29, 0.717) is 6.42 Å². The Kier molecular flexibility index (Phi) is 1.52. The molecule has 0 aromatic heterocycles. The standard InChI is InChI=1S/C4H7FIN/c5-2-1-3(7)4(2)6/h2-4H,1,7H2/t2?,3?,4-/m0/s1. The summed E-state index contributed by atoms with van der Waals surface area (Å²) in [6, 6.07) is 0.121. The zero-order valence-corrected chi connectivity index (χ0v) is 5.93. The lowest BCUT2D eigenvalue weighted by molar-refractivity contribution is 0.202. The molecule has 1 nitrogen and oxygen atoms in total. The Bertz CT molecular complexity index is 70.1. The molecule has 0 heterocycles. The number of halogens is 2. The van der Waals surface area contributed by atoms with Crippen molar-refractivity contribution in [3.8, 4) is 0 Å². The third-order valence-corrected chi connectivity index (χ3v) is 2.96. The largest absolute Gasteiger partial charge is 0.327 e. The van der Waals surface area contributed by atoms with E-state index in [1.165, 1.54) is 0 Å². The summed E-state index contributed by atoms with van der Waals surface area (Å²) in [5.74, 6) is 0. The van der Waals surface area contributed by atoms with Gasteiger partial charge in [0, 0.05) is 6.04 Å². The Morgan fingerprint density at radius 1 is 1.71 bits per heavy atom. The normalized spacial score (nSPS) is 51.0. The van der Waals surface area contributed by atoms with Crippen LogP contribution in [-0.4, -0.2) is 16.1 Å². The molecule has 3 atom stereocenters. The molecule has 1 aliphatic carbocycles. The second-order valence-electron chi connectivity index (χ2n) is 1.86. The van der Waals surface area contributed by atoms with E-state index in [2.05, 4.69) is 0 Å². The molecule has 0 aliphatic heterocycles. The smallest absolute Gasteiger partial charge is 0.115 e. The maximum Gasteiger partial charge on any atom is 0.115 e. The van der Waals surface area contributed by atoms with Gasteiger partial charge in [-0.3, -0.25) is 0 Å². The lowest BCUT2D eigenvalue weighted by Crippen LogP contribution is -2.49. The second-order valence-corrected chi connectivity index (χ2v) is 3.30. The van der Waals surface area contributed by atoms with Crippen LogP contribution in [0.2, 0.25) is 0 Å². The Labute approximate surface area is 55.6 Å². The minimum Gasteiger partial charge on any atom is -0.327 e. The maximum absolute atomic E-state index is 12.1. The average Bonchev–Trinajstić information content (AvgIpc) is 1.68. The third-order valence-electron chi connectivity index (χ3n) is 1.25. The quantitative estimate of drug-likeness (QED) is 0.470. The van der Waals surface area contributed by atoms with Gasteiger partial charge in [0.05, 0.1) is 3.92 Å². The summed E-state index contributed by atoms with van der Waals surface area (Å²) in [4.78, 5) is 0. The van der Waals surface area contributed by atoms with Crippen LogP contribution in [0.1, 0.15) is 6.42 Å². The molecular weight excluding hydrogens is 208 g/mol. The first-order valence-corrected chi connectivity index (χ1v) is 3.50. The Morgan fingerprint density at radius 2 is 2.29 bits per heavy atom. The molecule has 2 unspecified atom stereocenters. The van der Waals surface area contributed by atoms with Crippen LogP contribution in [0.5, 0.6) is 0 Å². The first kappa shape index (κ1) is 5.75. The lowest BCUT2D eigenvalue weighted by atomic mass is 9.92. The van der Waals surface area contributed by atoms with Gasteiger partial charge >= 0.3 is 0 Å². The predicted molar refractivity (Wildman–Crippen MR) is 35.3 cm³/mol. The number of hydrogen-bond acceptors (Lipinski definition) is 1. The van der Waals surface area contributed by atoms with Gasteiger partial charge in [0.1, 0.15) is 6.17 Å². The third kappa shape index (κ3) is 0.887. The van der Waals surface area contributed by atoms with Crippen LogP contribution >= 0.6 is 22.6 Å². The Morgan fingerprint density at radius 3 is 2.29 bits per heavy atom. The minimum atomic E-state index is -0.629. The van der Waals surface area contributed by atoms with Gasteiger partial charge in [-0.2, -0.15) is 0 Å². The van der Waals surface area contributed by atoms with Gasteiger partial charge in [0.15, 0.2) is 0 Å². The SMILES string of the molecule is NC1CC(F)[C@@H]1I. The van der Waals surface area contributed by atoms with Crippen LogP contribution in [0.15, 0.2) is 0 Å². The highest BCUT2D eigenvalue weighted by Gasteiger charge is 2.36. The maximum atomic E-state index is 12.1. The van der Waals surface area contributed by atoms with Gasteiger partial charge < -0.3 is 5.73 Å². The molecule has 0 radical (unpaired) electrons. The second kappa shape index (κ2) is 1.85. The number of alkyl halides is 2. The van der Waals surface area contributed by atoms with Crippen LogP contribution in [0.25, 0.3) is 0 Å². The van der Waals surface area contributed by atoms with E-state index in [1.54, 1.807) is 0 Å². The summed E-state index contributed by atoms with van der Waals surface area (Å²) < 4.78 is 12.2. The Balaban J connectivity index is 2.29. The fraction of sp³-hybridized carbons (Fsp3) is 1.00. The van der Waals surface area contributed by atoms with Crippen molar-refractivity contribution >= 4 is 22.6 Å². The summed E-state index contributed by atoms with van der Waals surface area (Å²) in [5.41, 5.74) is 5.36. The minimum absolute atomic E-state index is 0.0811. The molecule has 7 heavy (non-hydrogen) atoms. The summed E-state index contributed by atoms with van der Waals surface area (Å²) >= 11 is 2.05. The van der Waals surface area contributed by atoms with Crippen LogP contribution in [0.3, 0.4) is 0 Å². The van der Waals surface area contributed by atoms with Crippen molar-refractivity contribution in [2.24, 2.45) is 5.73 Å². The van der Waals surface area contributed by atoms with E-state index in [1.807, 2.05) is 22.6 Å². The summed E-state index contributed by atoms with van der Waals surface area (Å²) in [7, 11) is 0. The first-order valence-electron chi connectivity index (χ1n) is 2.25. The topological polar surface area (TPSA) is 26.0 Å². The first-order chi connectivity index (χ1) is 3.22. The molecule has 0 bridgehead atoms. The van der Waals surface area contributed by atoms with Gasteiger partial charge in [-0.15, -0.1) is 0 Å². The van der Waals surface area contributed by atoms with Gasteiger partial charge in [-0.05, 0) is 6.42 Å². The summed E-state index contributed by atoms with van der Waals surface area (Å²) in [5, 5.41) is 0. The Hall–Kier alpha value is 0.620. The zero-order valence-electron chi connectivity index (χ0n) is 3.77. The highest BCUT2D eigenvalue weighted by molar-refractivity contribution is 14.1. The highest BCUT2D eigenvalue weighted by Crippen LogP contribution is 2.29. The molecule has 2 N–H and O–H groups in total. The van der Waals surface area contributed by atoms with E-state index >= 15 is 0 Å². The average molecular weight is 215 g/mol. The van der Waals surface area contributed by atoms with Gasteiger partial charge in [0.2, 0.25) is 0 Å². The molecular formula is C4H7FIN. The van der Waals surface area contributed by atoms with Crippen LogP contribution in [0, 0.1) is 0 Å².